The quantitative estimate of drug-likeness (QED) is 0.506. The molecule has 4 heteroatoms. The Balaban J connectivity index is 2.15. The summed E-state index contributed by atoms with van der Waals surface area (Å²) in [5, 5.41) is 0. The largest absolute Gasteiger partial charge is 0.466 e. The maximum absolute atomic E-state index is 12.0. The molecule has 1 aliphatic carbocycles. The molecule has 4 nitrogen and oxygen atoms in total. The van der Waals surface area contributed by atoms with Gasteiger partial charge in [-0.3, -0.25) is 9.59 Å². The molecule has 0 saturated heterocycles. The molecule has 0 aliphatic heterocycles. The zero-order valence-electron chi connectivity index (χ0n) is 13.7. The van der Waals surface area contributed by atoms with Gasteiger partial charge < -0.3 is 9.47 Å². The van der Waals surface area contributed by atoms with Crippen LogP contribution in [-0.4, -0.2) is 25.2 Å². The van der Waals surface area contributed by atoms with E-state index in [-0.39, 0.29) is 23.8 Å². The van der Waals surface area contributed by atoms with Gasteiger partial charge in [-0.2, -0.15) is 0 Å². The van der Waals surface area contributed by atoms with Crippen molar-refractivity contribution in [2.45, 2.75) is 65.7 Å². The summed E-state index contributed by atoms with van der Waals surface area (Å²) in [6.07, 6.45) is 6.21. The number of ether oxygens (including phenoxy) is 2. The van der Waals surface area contributed by atoms with Gasteiger partial charge in [0.2, 0.25) is 0 Å². The summed E-state index contributed by atoms with van der Waals surface area (Å²) in [6.45, 7) is 7.18. The standard InChI is InChI=1S/C17H30O4/c1-4-20-16(18)14-8-10-15(11-9-14)17(19)21-12-6-5-7-13(2)3/h13-15H,4-12H2,1-3H3. The summed E-state index contributed by atoms with van der Waals surface area (Å²) in [5.74, 6) is 0.458. The Labute approximate surface area is 128 Å². The van der Waals surface area contributed by atoms with Gasteiger partial charge in [0.15, 0.2) is 0 Å². The van der Waals surface area contributed by atoms with Crippen LogP contribution in [0.25, 0.3) is 0 Å². The topological polar surface area (TPSA) is 52.6 Å². The van der Waals surface area contributed by atoms with Crippen molar-refractivity contribution in [3.05, 3.63) is 0 Å². The first-order chi connectivity index (χ1) is 10.0. The second kappa shape index (κ2) is 9.80. The molecule has 0 aromatic carbocycles. The number of esters is 2. The molecule has 0 spiro atoms. The van der Waals surface area contributed by atoms with E-state index in [2.05, 4.69) is 13.8 Å². The Bertz CT molecular complexity index is 317. The van der Waals surface area contributed by atoms with Crippen LogP contribution in [0.1, 0.15) is 65.7 Å². The summed E-state index contributed by atoms with van der Waals surface area (Å²) >= 11 is 0. The highest BCUT2D eigenvalue weighted by atomic mass is 16.5. The lowest BCUT2D eigenvalue weighted by Crippen LogP contribution is -2.28. The van der Waals surface area contributed by atoms with Gasteiger partial charge in [0, 0.05) is 0 Å². The molecule has 122 valence electrons. The molecule has 0 amide bonds. The number of carbonyl (C=O) groups excluding carboxylic acids is 2. The highest BCUT2D eigenvalue weighted by Gasteiger charge is 2.31. The number of rotatable bonds is 8. The van der Waals surface area contributed by atoms with Crippen LogP contribution in [0, 0.1) is 17.8 Å². The maximum atomic E-state index is 12.0. The van der Waals surface area contributed by atoms with Gasteiger partial charge in [-0.15, -0.1) is 0 Å². The molecule has 0 heterocycles. The predicted molar refractivity (Wildman–Crippen MR) is 81.7 cm³/mol. The first-order valence-corrected chi connectivity index (χ1v) is 8.37. The Hall–Kier alpha value is -1.06. The van der Waals surface area contributed by atoms with Gasteiger partial charge in [-0.25, -0.2) is 0 Å². The third kappa shape index (κ3) is 6.96. The van der Waals surface area contributed by atoms with Gasteiger partial charge >= 0.3 is 11.9 Å². The van der Waals surface area contributed by atoms with Crippen molar-refractivity contribution in [1.82, 2.24) is 0 Å². The van der Waals surface area contributed by atoms with Gasteiger partial charge in [0.05, 0.1) is 25.0 Å². The molecule has 0 aromatic rings. The van der Waals surface area contributed by atoms with Crippen LogP contribution in [0.15, 0.2) is 0 Å². The van der Waals surface area contributed by atoms with Crippen LogP contribution >= 0.6 is 0 Å². The van der Waals surface area contributed by atoms with E-state index in [1.807, 2.05) is 6.92 Å². The van der Waals surface area contributed by atoms with Crippen LogP contribution < -0.4 is 0 Å². The normalized spacial score (nSPS) is 22.1. The van der Waals surface area contributed by atoms with E-state index in [0.29, 0.717) is 19.1 Å². The van der Waals surface area contributed by atoms with Crippen LogP contribution in [-0.2, 0) is 19.1 Å². The zero-order chi connectivity index (χ0) is 15.7. The fraction of sp³-hybridized carbons (Fsp3) is 0.882. The molecule has 0 N–H and O–H groups in total. The van der Waals surface area contributed by atoms with Crippen LogP contribution in [0.2, 0.25) is 0 Å². The summed E-state index contributed by atoms with van der Waals surface area (Å²) in [6, 6.07) is 0. The molecule has 1 saturated carbocycles. The predicted octanol–water partition coefficient (Wildman–Crippen LogP) is 3.73. The third-order valence-electron chi connectivity index (χ3n) is 4.10. The van der Waals surface area contributed by atoms with Crippen molar-refractivity contribution in [2.24, 2.45) is 17.8 Å². The van der Waals surface area contributed by atoms with Crippen molar-refractivity contribution in [3.63, 3.8) is 0 Å². The lowest BCUT2D eigenvalue weighted by Gasteiger charge is -2.25. The molecule has 0 aromatic heterocycles. The minimum Gasteiger partial charge on any atom is -0.466 e. The van der Waals surface area contributed by atoms with Crippen LogP contribution in [0.3, 0.4) is 0 Å². The number of hydrogen-bond donors (Lipinski definition) is 0. The first-order valence-electron chi connectivity index (χ1n) is 8.37. The SMILES string of the molecule is CCOC(=O)C1CCC(C(=O)OCCCCC(C)C)CC1. The summed E-state index contributed by atoms with van der Waals surface area (Å²) in [4.78, 5) is 23.6. The summed E-state index contributed by atoms with van der Waals surface area (Å²) < 4.78 is 10.4. The minimum atomic E-state index is -0.113. The average molecular weight is 298 g/mol. The molecule has 1 rings (SSSR count). The lowest BCUT2D eigenvalue weighted by atomic mass is 9.82. The minimum absolute atomic E-state index is 0.0271. The fourth-order valence-electron chi connectivity index (χ4n) is 2.77. The molecule has 1 fully saturated rings. The van der Waals surface area contributed by atoms with E-state index in [1.54, 1.807) is 0 Å². The van der Waals surface area contributed by atoms with E-state index in [4.69, 9.17) is 9.47 Å². The van der Waals surface area contributed by atoms with E-state index < -0.39 is 0 Å². The Kier molecular flexibility index (Phi) is 8.40. The van der Waals surface area contributed by atoms with E-state index in [0.717, 1.165) is 38.5 Å². The summed E-state index contributed by atoms with van der Waals surface area (Å²) in [5.41, 5.74) is 0. The highest BCUT2D eigenvalue weighted by molar-refractivity contribution is 5.75. The smallest absolute Gasteiger partial charge is 0.308 e. The van der Waals surface area contributed by atoms with Crippen molar-refractivity contribution >= 4 is 11.9 Å². The Morgan fingerprint density at radius 1 is 0.952 bits per heavy atom. The van der Waals surface area contributed by atoms with Gasteiger partial charge in [-0.05, 0) is 51.4 Å². The molecule has 0 unspecified atom stereocenters. The fourth-order valence-corrected chi connectivity index (χ4v) is 2.77. The molecular weight excluding hydrogens is 268 g/mol. The van der Waals surface area contributed by atoms with Crippen molar-refractivity contribution < 1.29 is 19.1 Å². The zero-order valence-corrected chi connectivity index (χ0v) is 13.7. The highest BCUT2D eigenvalue weighted by Crippen LogP contribution is 2.30. The molecule has 1 aliphatic rings. The molecular formula is C17H30O4. The lowest BCUT2D eigenvalue weighted by molar-refractivity contribution is -0.155. The Morgan fingerprint density at radius 3 is 1.95 bits per heavy atom. The van der Waals surface area contributed by atoms with Crippen molar-refractivity contribution in [1.29, 1.82) is 0 Å². The monoisotopic (exact) mass is 298 g/mol. The maximum Gasteiger partial charge on any atom is 0.308 e. The van der Waals surface area contributed by atoms with Gasteiger partial charge in [0.1, 0.15) is 0 Å². The second-order valence-corrected chi connectivity index (χ2v) is 6.36. The molecule has 0 radical (unpaired) electrons. The van der Waals surface area contributed by atoms with Gasteiger partial charge in [0.25, 0.3) is 0 Å². The Morgan fingerprint density at radius 2 is 1.48 bits per heavy atom. The molecule has 0 atom stereocenters. The average Bonchev–Trinajstić information content (AvgIpc) is 2.46. The first kappa shape index (κ1) is 18.0. The second-order valence-electron chi connectivity index (χ2n) is 6.36. The van der Waals surface area contributed by atoms with E-state index >= 15 is 0 Å². The van der Waals surface area contributed by atoms with Crippen LogP contribution in [0.4, 0.5) is 0 Å². The summed E-state index contributed by atoms with van der Waals surface area (Å²) in [7, 11) is 0. The number of unbranched alkanes of at least 4 members (excludes halogenated alkanes) is 1. The van der Waals surface area contributed by atoms with Crippen molar-refractivity contribution in [2.75, 3.05) is 13.2 Å². The van der Waals surface area contributed by atoms with Crippen LogP contribution in [0.5, 0.6) is 0 Å². The molecule has 0 bridgehead atoms. The number of hydrogen-bond acceptors (Lipinski definition) is 4. The van der Waals surface area contributed by atoms with Crippen molar-refractivity contribution in [3.8, 4) is 0 Å². The molecule has 21 heavy (non-hydrogen) atoms. The van der Waals surface area contributed by atoms with E-state index in [9.17, 15) is 9.59 Å². The third-order valence-corrected chi connectivity index (χ3v) is 4.10. The van der Waals surface area contributed by atoms with E-state index in [1.165, 1.54) is 6.42 Å². The number of carbonyl (C=O) groups is 2. The van der Waals surface area contributed by atoms with Gasteiger partial charge in [-0.1, -0.05) is 20.3 Å².